The quantitative estimate of drug-likeness (QED) is 0.233. The van der Waals surface area contributed by atoms with Crippen molar-refractivity contribution in [2.24, 2.45) is 0 Å². The number of carbonyl (C=O) groups is 1. The average molecular weight is 488 g/mol. The zero-order valence-electron chi connectivity index (χ0n) is 21.1. The van der Waals surface area contributed by atoms with Crippen molar-refractivity contribution < 1.29 is 23.8 Å². The van der Waals surface area contributed by atoms with Gasteiger partial charge in [0.2, 0.25) is 0 Å². The summed E-state index contributed by atoms with van der Waals surface area (Å²) in [5.41, 5.74) is 5.76. The molecular weight excluding hydrogens is 457 g/mol. The van der Waals surface area contributed by atoms with Gasteiger partial charge in [0.05, 0.1) is 12.6 Å². The molecule has 0 aliphatic carbocycles. The molecule has 1 unspecified atom stereocenters. The number of esters is 1. The maximum atomic E-state index is 14.3. The summed E-state index contributed by atoms with van der Waals surface area (Å²) < 4.78 is 25.2. The first-order chi connectivity index (χ1) is 17.0. The Bertz CT molecular complexity index is 1390. The number of benzene rings is 3. The van der Waals surface area contributed by atoms with Gasteiger partial charge in [-0.3, -0.25) is 0 Å². The van der Waals surface area contributed by atoms with Crippen molar-refractivity contribution in [3.63, 3.8) is 0 Å². The second-order valence-electron chi connectivity index (χ2n) is 9.51. The number of aliphatic hydroxyl groups excluding tert-OH is 1. The number of halogens is 1. The molecule has 0 saturated carbocycles. The van der Waals surface area contributed by atoms with E-state index < -0.39 is 17.9 Å². The minimum atomic E-state index is -1.11. The third kappa shape index (κ3) is 4.77. The fraction of sp³-hybridized carbons (Fsp3) is 0.233. The molecule has 3 aromatic rings. The monoisotopic (exact) mass is 487 g/mol. The van der Waals surface area contributed by atoms with E-state index >= 15 is 0 Å². The van der Waals surface area contributed by atoms with Gasteiger partial charge in [0, 0.05) is 34.5 Å². The molecule has 36 heavy (non-hydrogen) atoms. The van der Waals surface area contributed by atoms with Crippen LogP contribution in [0.5, 0.6) is 11.5 Å². The number of aryl methyl sites for hydroxylation is 1. The first kappa shape index (κ1) is 25.2. The second kappa shape index (κ2) is 9.63. The number of methoxy groups -OCH3 is 1. The first-order valence-electron chi connectivity index (χ1n) is 11.7. The lowest BCUT2D eigenvalue weighted by Crippen LogP contribution is -2.32. The van der Waals surface area contributed by atoms with Crippen LogP contribution in [0.1, 0.15) is 49.1 Å². The number of rotatable bonds is 6. The highest BCUT2D eigenvalue weighted by molar-refractivity contribution is 5.89. The zero-order valence-corrected chi connectivity index (χ0v) is 21.1. The SMILES string of the molecule is C=CC(=O)Oc1ccc(-c2ccc3c(c2C(O)c2cc(F)ccc2C)C(C)=CC(C)(C)N3)c(OC)c1. The lowest BCUT2D eigenvalue weighted by molar-refractivity contribution is -0.128. The van der Waals surface area contributed by atoms with Gasteiger partial charge in [-0.25, -0.2) is 9.18 Å². The first-order valence-corrected chi connectivity index (χ1v) is 11.7. The van der Waals surface area contributed by atoms with Gasteiger partial charge in [0.25, 0.3) is 0 Å². The summed E-state index contributed by atoms with van der Waals surface area (Å²) in [6.07, 6.45) is 2.09. The fourth-order valence-corrected chi connectivity index (χ4v) is 4.84. The molecule has 0 bridgehead atoms. The van der Waals surface area contributed by atoms with E-state index in [0.29, 0.717) is 28.2 Å². The number of ether oxygens (including phenoxy) is 2. The molecule has 5 nitrogen and oxygen atoms in total. The molecule has 1 atom stereocenters. The minimum Gasteiger partial charge on any atom is -0.496 e. The van der Waals surface area contributed by atoms with Crippen molar-refractivity contribution in [2.45, 2.75) is 39.3 Å². The number of nitrogens with one attached hydrogen (secondary N) is 1. The van der Waals surface area contributed by atoms with Crippen LogP contribution in [0.3, 0.4) is 0 Å². The van der Waals surface area contributed by atoms with Crippen LogP contribution >= 0.6 is 0 Å². The number of hydrogen-bond acceptors (Lipinski definition) is 5. The Kier molecular flexibility index (Phi) is 6.74. The number of carbonyl (C=O) groups excluding carboxylic acids is 1. The average Bonchev–Trinajstić information content (AvgIpc) is 2.83. The van der Waals surface area contributed by atoms with Crippen LogP contribution in [0.15, 0.2) is 67.3 Å². The summed E-state index contributed by atoms with van der Waals surface area (Å²) in [5.74, 6) is -0.232. The summed E-state index contributed by atoms with van der Waals surface area (Å²) >= 11 is 0. The highest BCUT2D eigenvalue weighted by atomic mass is 19.1. The van der Waals surface area contributed by atoms with Crippen LogP contribution in [0.2, 0.25) is 0 Å². The third-order valence-corrected chi connectivity index (χ3v) is 6.33. The van der Waals surface area contributed by atoms with E-state index in [1.807, 2.05) is 26.0 Å². The predicted octanol–water partition coefficient (Wildman–Crippen LogP) is 6.59. The lowest BCUT2D eigenvalue weighted by Gasteiger charge is -2.34. The van der Waals surface area contributed by atoms with Crippen molar-refractivity contribution in [3.8, 4) is 22.6 Å². The lowest BCUT2D eigenvalue weighted by atomic mass is 9.81. The van der Waals surface area contributed by atoms with E-state index in [1.165, 1.54) is 19.2 Å². The van der Waals surface area contributed by atoms with Gasteiger partial charge in [-0.15, -0.1) is 0 Å². The van der Waals surface area contributed by atoms with Crippen LogP contribution in [-0.2, 0) is 4.79 Å². The van der Waals surface area contributed by atoms with E-state index in [2.05, 4.69) is 31.8 Å². The van der Waals surface area contributed by atoms with Crippen LogP contribution in [-0.4, -0.2) is 23.7 Å². The van der Waals surface area contributed by atoms with E-state index in [9.17, 15) is 14.3 Å². The maximum Gasteiger partial charge on any atom is 0.335 e. The molecule has 0 fully saturated rings. The minimum absolute atomic E-state index is 0.274. The van der Waals surface area contributed by atoms with Gasteiger partial charge >= 0.3 is 5.97 Å². The van der Waals surface area contributed by atoms with Crippen LogP contribution in [0, 0.1) is 12.7 Å². The van der Waals surface area contributed by atoms with Crippen molar-refractivity contribution in [3.05, 3.63) is 95.3 Å². The summed E-state index contributed by atoms with van der Waals surface area (Å²) in [6, 6.07) is 13.4. The van der Waals surface area contributed by atoms with Gasteiger partial charge in [0.15, 0.2) is 0 Å². The summed E-state index contributed by atoms with van der Waals surface area (Å²) in [4.78, 5) is 11.7. The molecule has 6 heteroatoms. The van der Waals surface area contributed by atoms with E-state index in [1.54, 1.807) is 24.3 Å². The standard InChI is InChI=1S/C30H30FNO4/c1-7-26(33)36-20-10-11-21(25(15-20)35-6)22-12-13-24-27(18(3)16-30(4,5)32-24)28(22)29(34)23-14-19(31)9-8-17(23)2/h7-16,29,32,34H,1H2,2-6H3. The van der Waals surface area contributed by atoms with Gasteiger partial charge in [-0.2, -0.15) is 0 Å². The second-order valence-corrected chi connectivity index (χ2v) is 9.51. The number of allylic oxidation sites excluding steroid dienone is 1. The van der Waals surface area contributed by atoms with Crippen LogP contribution < -0.4 is 14.8 Å². The molecule has 0 aromatic heterocycles. The normalized spacial score (nSPS) is 14.7. The third-order valence-electron chi connectivity index (χ3n) is 6.33. The molecule has 0 saturated heterocycles. The van der Waals surface area contributed by atoms with Gasteiger partial charge in [-0.1, -0.05) is 24.8 Å². The Morgan fingerprint density at radius 2 is 1.83 bits per heavy atom. The molecule has 1 aliphatic heterocycles. The molecule has 0 spiro atoms. The molecule has 0 amide bonds. The van der Waals surface area contributed by atoms with E-state index in [4.69, 9.17) is 9.47 Å². The molecule has 186 valence electrons. The van der Waals surface area contributed by atoms with Gasteiger partial charge in [0.1, 0.15) is 23.4 Å². The molecule has 0 radical (unpaired) electrons. The Morgan fingerprint density at radius 3 is 2.53 bits per heavy atom. The fourth-order valence-electron chi connectivity index (χ4n) is 4.84. The van der Waals surface area contributed by atoms with E-state index in [0.717, 1.165) is 34.0 Å². The van der Waals surface area contributed by atoms with E-state index in [-0.39, 0.29) is 5.54 Å². The Hall–Kier alpha value is -3.90. The van der Waals surface area contributed by atoms with Gasteiger partial charge < -0.3 is 19.9 Å². The van der Waals surface area contributed by atoms with Crippen LogP contribution in [0.4, 0.5) is 10.1 Å². The smallest absolute Gasteiger partial charge is 0.335 e. The Balaban J connectivity index is 1.98. The highest BCUT2D eigenvalue weighted by Gasteiger charge is 2.30. The van der Waals surface area contributed by atoms with Crippen molar-refractivity contribution >= 4 is 17.2 Å². The van der Waals surface area contributed by atoms with Gasteiger partial charge in [-0.05, 0) is 80.3 Å². The zero-order chi connectivity index (χ0) is 26.2. The van der Waals surface area contributed by atoms with Crippen molar-refractivity contribution in [2.75, 3.05) is 12.4 Å². The summed E-state index contributed by atoms with van der Waals surface area (Å²) in [7, 11) is 1.53. The number of anilines is 1. The molecule has 1 heterocycles. The Morgan fingerprint density at radius 1 is 1.11 bits per heavy atom. The molecule has 2 N–H and O–H groups in total. The highest BCUT2D eigenvalue weighted by Crippen LogP contribution is 2.47. The molecular formula is C30H30FNO4. The summed E-state index contributed by atoms with van der Waals surface area (Å²) in [6.45, 7) is 11.4. The van der Waals surface area contributed by atoms with Crippen molar-refractivity contribution in [1.82, 2.24) is 0 Å². The largest absolute Gasteiger partial charge is 0.496 e. The van der Waals surface area contributed by atoms with Crippen molar-refractivity contribution in [1.29, 1.82) is 0 Å². The summed E-state index contributed by atoms with van der Waals surface area (Å²) in [5, 5.41) is 15.3. The number of aliphatic hydroxyl groups is 1. The number of hydrogen-bond donors (Lipinski definition) is 2. The van der Waals surface area contributed by atoms with Crippen LogP contribution in [0.25, 0.3) is 16.7 Å². The maximum absolute atomic E-state index is 14.3. The Labute approximate surface area is 210 Å². The molecule has 4 rings (SSSR count). The number of fused-ring (bicyclic) bond motifs is 1. The molecule has 1 aliphatic rings. The molecule has 3 aromatic carbocycles. The topological polar surface area (TPSA) is 67.8 Å². The predicted molar refractivity (Wildman–Crippen MR) is 141 cm³/mol.